The summed E-state index contributed by atoms with van der Waals surface area (Å²) >= 11 is 0. The molecule has 0 aromatic carbocycles. The summed E-state index contributed by atoms with van der Waals surface area (Å²) in [5.74, 6) is 2.72. The molecule has 0 amide bonds. The summed E-state index contributed by atoms with van der Waals surface area (Å²) in [4.78, 5) is 13.6. The van der Waals surface area contributed by atoms with E-state index in [1.807, 2.05) is 13.1 Å². The zero-order valence-electron chi connectivity index (χ0n) is 24.6. The van der Waals surface area contributed by atoms with Crippen molar-refractivity contribution in [1.29, 1.82) is 0 Å². The first-order valence-corrected chi connectivity index (χ1v) is 15.1. The van der Waals surface area contributed by atoms with E-state index in [1.54, 1.807) is 5.57 Å². The van der Waals surface area contributed by atoms with Gasteiger partial charge in [0.25, 0.3) is 0 Å². The van der Waals surface area contributed by atoms with Crippen LogP contribution in [-0.2, 0) is 21.4 Å². The lowest BCUT2D eigenvalue weighted by Gasteiger charge is -2.70. The van der Waals surface area contributed by atoms with E-state index >= 15 is 0 Å². The lowest BCUT2D eigenvalue weighted by molar-refractivity contribution is -0.181. The van der Waals surface area contributed by atoms with Gasteiger partial charge in [0.15, 0.2) is 0 Å². The lowest BCUT2D eigenvalue weighted by Crippen LogP contribution is -2.64. The molecule has 204 valence electrons. The topological polar surface area (TPSA) is 52.3 Å². The van der Waals surface area contributed by atoms with Gasteiger partial charge in [0.1, 0.15) is 5.76 Å². The van der Waals surface area contributed by atoms with Gasteiger partial charge in [-0.05, 0) is 104 Å². The number of carbonyl (C=O) groups is 1. The van der Waals surface area contributed by atoms with Crippen molar-refractivity contribution in [1.82, 2.24) is 5.16 Å². The van der Waals surface area contributed by atoms with Crippen LogP contribution in [0.2, 0.25) is 0 Å². The van der Waals surface area contributed by atoms with Crippen LogP contribution in [0.1, 0.15) is 118 Å². The molecule has 0 saturated heterocycles. The van der Waals surface area contributed by atoms with Crippen LogP contribution >= 0.6 is 0 Å². The molecule has 0 spiro atoms. The second kappa shape index (κ2) is 7.75. The Morgan fingerprint density at radius 2 is 1.76 bits per heavy atom. The van der Waals surface area contributed by atoms with Gasteiger partial charge in [-0.3, -0.25) is 4.79 Å². The first-order chi connectivity index (χ1) is 17.3. The van der Waals surface area contributed by atoms with Crippen molar-refractivity contribution in [3.05, 3.63) is 29.2 Å². The largest absolute Gasteiger partial charge is 0.466 e. The zero-order valence-corrected chi connectivity index (χ0v) is 24.6. The smallest absolute Gasteiger partial charge is 0.312 e. The van der Waals surface area contributed by atoms with Gasteiger partial charge in [-0.25, -0.2) is 0 Å². The monoisotopic (exact) mass is 507 g/mol. The van der Waals surface area contributed by atoms with Crippen molar-refractivity contribution >= 4 is 5.97 Å². The normalized spacial score (nSPS) is 45.3. The Kier molecular flexibility index (Phi) is 5.38. The number of hydrogen-bond acceptors (Lipinski definition) is 4. The molecule has 6 rings (SSSR count). The van der Waals surface area contributed by atoms with Gasteiger partial charge in [0.05, 0.1) is 18.2 Å². The molecular formula is C33H49NO3. The highest BCUT2D eigenvalue weighted by atomic mass is 16.5. The Labute approximate surface area is 224 Å². The molecule has 0 N–H and O–H groups in total. The molecule has 5 aliphatic carbocycles. The van der Waals surface area contributed by atoms with E-state index in [9.17, 15) is 4.79 Å². The third kappa shape index (κ3) is 3.14. The van der Waals surface area contributed by atoms with Crippen molar-refractivity contribution in [2.45, 2.75) is 119 Å². The van der Waals surface area contributed by atoms with Crippen LogP contribution in [0.15, 0.2) is 22.4 Å². The van der Waals surface area contributed by atoms with E-state index in [4.69, 9.17) is 9.26 Å². The lowest BCUT2D eigenvalue weighted by atomic mass is 9.33. The van der Waals surface area contributed by atoms with Crippen molar-refractivity contribution in [2.75, 3.05) is 6.61 Å². The molecule has 3 fully saturated rings. The van der Waals surface area contributed by atoms with Gasteiger partial charge >= 0.3 is 5.97 Å². The fourth-order valence-electron chi connectivity index (χ4n) is 11.2. The number of hydrogen-bond donors (Lipinski definition) is 0. The van der Waals surface area contributed by atoms with Gasteiger partial charge in [-0.2, -0.15) is 0 Å². The van der Waals surface area contributed by atoms with Gasteiger partial charge < -0.3 is 9.26 Å². The van der Waals surface area contributed by atoms with Gasteiger partial charge in [-0.1, -0.05) is 65.3 Å². The van der Waals surface area contributed by atoms with Crippen molar-refractivity contribution in [3.63, 3.8) is 0 Å². The first-order valence-electron chi connectivity index (χ1n) is 15.1. The average Bonchev–Trinajstić information content (AvgIpc) is 3.28. The fraction of sp³-hybridized carbons (Fsp3) is 0.818. The van der Waals surface area contributed by atoms with Crippen LogP contribution in [0, 0.1) is 44.8 Å². The van der Waals surface area contributed by atoms with Crippen LogP contribution in [0.3, 0.4) is 0 Å². The highest BCUT2D eigenvalue weighted by molar-refractivity contribution is 5.78. The zero-order chi connectivity index (χ0) is 26.6. The maximum absolute atomic E-state index is 13.6. The van der Waals surface area contributed by atoms with Crippen molar-refractivity contribution < 1.29 is 14.1 Å². The predicted octanol–water partition coefficient (Wildman–Crippen LogP) is 8.05. The Morgan fingerprint density at radius 1 is 1.03 bits per heavy atom. The third-order valence-corrected chi connectivity index (χ3v) is 13.3. The number of ether oxygens (including phenoxy) is 1. The SMILES string of the molecule is CCOC(=O)[C@]12CCC(C)(C)C[C@H]1C1=CC[C@H]3[C@@]4(C)Cc5cnoc5C(C)(C)[C@H]4CC[C@@]3(C)[C@]1(C)CC2. The number of esters is 1. The van der Waals surface area contributed by atoms with E-state index in [1.165, 1.54) is 18.4 Å². The van der Waals surface area contributed by atoms with E-state index < -0.39 is 0 Å². The maximum Gasteiger partial charge on any atom is 0.312 e. The molecule has 3 saturated carbocycles. The Bertz CT molecular complexity index is 1140. The van der Waals surface area contributed by atoms with Gasteiger partial charge in [0.2, 0.25) is 0 Å². The highest BCUT2D eigenvalue weighted by Gasteiger charge is 2.69. The summed E-state index contributed by atoms with van der Waals surface area (Å²) in [6.07, 6.45) is 14.6. The van der Waals surface area contributed by atoms with E-state index in [2.05, 4.69) is 59.7 Å². The molecule has 0 unspecified atom stereocenters. The second-order valence-corrected chi connectivity index (χ2v) is 15.7. The number of nitrogens with zero attached hydrogens (tertiary/aromatic N) is 1. The second-order valence-electron chi connectivity index (χ2n) is 15.7. The van der Waals surface area contributed by atoms with Crippen LogP contribution in [0.4, 0.5) is 0 Å². The first kappa shape index (κ1) is 25.7. The number of rotatable bonds is 2. The molecule has 1 heterocycles. The minimum absolute atomic E-state index is 0.00405. The average molecular weight is 508 g/mol. The summed E-state index contributed by atoms with van der Waals surface area (Å²) < 4.78 is 11.7. The quantitative estimate of drug-likeness (QED) is 0.300. The molecule has 0 aliphatic heterocycles. The maximum atomic E-state index is 13.6. The van der Waals surface area contributed by atoms with Gasteiger partial charge in [-0.15, -0.1) is 0 Å². The Morgan fingerprint density at radius 3 is 2.49 bits per heavy atom. The summed E-state index contributed by atoms with van der Waals surface area (Å²) in [6, 6.07) is 0. The van der Waals surface area contributed by atoms with E-state index in [0.29, 0.717) is 24.4 Å². The molecule has 0 bridgehead atoms. The van der Waals surface area contributed by atoms with Crippen molar-refractivity contribution in [2.24, 2.45) is 44.8 Å². The molecular weight excluding hydrogens is 458 g/mol. The molecule has 5 aliphatic rings. The minimum atomic E-state index is -0.328. The molecule has 0 radical (unpaired) electrons. The van der Waals surface area contributed by atoms with Crippen molar-refractivity contribution in [3.8, 4) is 0 Å². The minimum Gasteiger partial charge on any atom is -0.466 e. The number of fused-ring (bicyclic) bond motifs is 8. The van der Waals surface area contributed by atoms with Crippen LogP contribution in [0.25, 0.3) is 0 Å². The number of aromatic nitrogens is 1. The third-order valence-electron chi connectivity index (χ3n) is 13.3. The van der Waals surface area contributed by atoms with Crippen LogP contribution < -0.4 is 0 Å². The van der Waals surface area contributed by atoms with Crippen LogP contribution in [0.5, 0.6) is 0 Å². The Hall–Kier alpha value is -1.58. The predicted molar refractivity (Wildman–Crippen MR) is 146 cm³/mol. The van der Waals surface area contributed by atoms with Gasteiger partial charge in [0, 0.05) is 11.0 Å². The summed E-state index contributed by atoms with van der Waals surface area (Å²) in [7, 11) is 0. The molecule has 4 nitrogen and oxygen atoms in total. The molecule has 37 heavy (non-hydrogen) atoms. The van der Waals surface area contributed by atoms with E-state index in [-0.39, 0.29) is 38.5 Å². The summed E-state index contributed by atoms with van der Waals surface area (Å²) in [5.41, 5.74) is 3.43. The molecule has 7 atom stereocenters. The summed E-state index contributed by atoms with van der Waals surface area (Å²) in [5, 5.41) is 4.26. The van der Waals surface area contributed by atoms with Crippen LogP contribution in [-0.4, -0.2) is 17.7 Å². The number of allylic oxidation sites excluding steroid dienone is 2. The summed E-state index contributed by atoms with van der Waals surface area (Å²) in [6.45, 7) is 19.9. The molecule has 4 heteroatoms. The highest BCUT2D eigenvalue weighted by Crippen LogP contribution is 2.75. The fourth-order valence-corrected chi connectivity index (χ4v) is 11.2. The molecule has 1 aromatic heterocycles. The van der Waals surface area contributed by atoms with E-state index in [0.717, 1.165) is 50.7 Å². The number of carbonyl (C=O) groups excluding carboxylic acids is 1. The Balaban J connectivity index is 1.45. The standard InChI is InChI=1S/C33H49NO3/c1-9-36-27(35)33-16-14-28(2,3)19-23(33)22-10-11-25-30(6)18-21-20-34-37-26(21)29(4,5)24(30)12-13-32(25,8)31(22,7)15-17-33/h10,20,23-25H,9,11-19H2,1-8H3/t23-,24+,25-,30-,31+,32+,33-/m0/s1. The molecule has 1 aromatic rings.